The second-order valence-electron chi connectivity index (χ2n) is 7.94. The van der Waals surface area contributed by atoms with Gasteiger partial charge in [-0.1, -0.05) is 0 Å². The first-order chi connectivity index (χ1) is 10.6. The van der Waals surface area contributed by atoms with E-state index in [1.54, 1.807) is 0 Å². The number of aliphatic hydroxyl groups excluding tert-OH is 1. The molecule has 3 fully saturated rings. The molecule has 3 aliphatic rings. The van der Waals surface area contributed by atoms with Crippen LogP contribution in [-0.4, -0.2) is 28.0 Å². The maximum Gasteiger partial charge on any atom is 0.142 e. The minimum Gasteiger partial charge on any atom is -0.390 e. The summed E-state index contributed by atoms with van der Waals surface area (Å²) in [5.74, 6) is 2.62. The minimum atomic E-state index is -1.23. The Hall–Kier alpha value is 0.530. The van der Waals surface area contributed by atoms with Crippen molar-refractivity contribution < 1.29 is 9.50 Å². The average Bonchev–Trinajstić information content (AvgIpc) is 2.54. The smallest absolute Gasteiger partial charge is 0.142 e. The quantitative estimate of drug-likeness (QED) is 0.531. The largest absolute Gasteiger partial charge is 0.390 e. The average molecular weight is 349 g/mol. The van der Waals surface area contributed by atoms with Crippen LogP contribution in [-0.2, 0) is 0 Å². The van der Waals surface area contributed by atoms with E-state index >= 15 is 0 Å². The molecule has 0 spiro atoms. The van der Waals surface area contributed by atoms with E-state index in [2.05, 4.69) is 12.6 Å². The minimum absolute atomic E-state index is 0.272. The van der Waals surface area contributed by atoms with Crippen molar-refractivity contribution in [3.05, 3.63) is 0 Å². The van der Waals surface area contributed by atoms with Crippen LogP contribution in [0, 0.1) is 23.7 Å². The molecule has 0 aliphatic heterocycles. The fourth-order valence-corrected chi connectivity index (χ4v) is 6.04. The van der Waals surface area contributed by atoms with Crippen LogP contribution in [0.3, 0.4) is 0 Å². The fraction of sp³-hybridized carbons (Fsp3) is 1.00. The third-order valence-corrected chi connectivity index (χ3v) is 7.79. The summed E-state index contributed by atoms with van der Waals surface area (Å²) in [6, 6.07) is 0. The first-order valence-corrected chi connectivity index (χ1v) is 10.2. The topological polar surface area (TPSA) is 20.2 Å². The van der Waals surface area contributed by atoms with Crippen LogP contribution in [0.5, 0.6) is 0 Å². The summed E-state index contributed by atoms with van der Waals surface area (Å²) in [5.41, 5.74) is 0. The molecule has 22 heavy (non-hydrogen) atoms. The molecule has 1 N–H and O–H groups in total. The standard InChI is InChI=1S/C18H30ClFOS/c19-17-15(9-10-16(21)18(17)20)13-3-1-11(2-4-13)12-5-7-14(22)8-6-12/h11-18,21-22H,1-10H2. The molecule has 0 amide bonds. The van der Waals surface area contributed by atoms with Crippen molar-refractivity contribution in [2.24, 2.45) is 23.7 Å². The van der Waals surface area contributed by atoms with E-state index in [4.69, 9.17) is 11.6 Å². The second-order valence-corrected chi connectivity index (χ2v) is 9.18. The Morgan fingerprint density at radius 1 is 0.773 bits per heavy atom. The summed E-state index contributed by atoms with van der Waals surface area (Å²) in [6.07, 6.45) is 9.69. The van der Waals surface area contributed by atoms with Crippen LogP contribution < -0.4 is 0 Å². The summed E-state index contributed by atoms with van der Waals surface area (Å²) in [5, 5.41) is 9.78. The lowest BCUT2D eigenvalue weighted by atomic mass is 9.66. The van der Waals surface area contributed by atoms with E-state index in [9.17, 15) is 9.50 Å². The van der Waals surface area contributed by atoms with Gasteiger partial charge in [0.25, 0.3) is 0 Å². The number of alkyl halides is 2. The molecule has 4 heteroatoms. The normalized spacial score (nSPS) is 50.7. The van der Waals surface area contributed by atoms with E-state index in [1.165, 1.54) is 51.4 Å². The first-order valence-electron chi connectivity index (χ1n) is 9.20. The van der Waals surface area contributed by atoms with Crippen molar-refractivity contribution in [3.63, 3.8) is 0 Å². The zero-order valence-electron chi connectivity index (χ0n) is 13.3. The molecule has 0 saturated heterocycles. The molecule has 0 heterocycles. The Morgan fingerprint density at radius 2 is 1.27 bits per heavy atom. The van der Waals surface area contributed by atoms with Gasteiger partial charge >= 0.3 is 0 Å². The summed E-state index contributed by atoms with van der Waals surface area (Å²) in [4.78, 5) is 0. The lowest BCUT2D eigenvalue weighted by molar-refractivity contribution is 0.00702. The molecule has 1 nitrogen and oxygen atoms in total. The summed E-state index contributed by atoms with van der Waals surface area (Å²) in [7, 11) is 0. The Labute approximate surface area is 144 Å². The van der Waals surface area contributed by atoms with E-state index in [-0.39, 0.29) is 5.92 Å². The molecule has 0 radical (unpaired) electrons. The van der Waals surface area contributed by atoms with E-state index in [1.807, 2.05) is 0 Å². The zero-order valence-corrected chi connectivity index (χ0v) is 15.0. The van der Waals surface area contributed by atoms with Crippen molar-refractivity contribution >= 4 is 24.2 Å². The van der Waals surface area contributed by atoms with Gasteiger partial charge in [-0.15, -0.1) is 11.6 Å². The summed E-state index contributed by atoms with van der Waals surface area (Å²) in [6.45, 7) is 0. The van der Waals surface area contributed by atoms with Gasteiger partial charge in [0, 0.05) is 5.25 Å². The number of thiol groups is 1. The van der Waals surface area contributed by atoms with Crippen LogP contribution in [0.4, 0.5) is 4.39 Å². The van der Waals surface area contributed by atoms with Gasteiger partial charge in [0.15, 0.2) is 0 Å². The number of rotatable bonds is 2. The van der Waals surface area contributed by atoms with Crippen LogP contribution in [0.25, 0.3) is 0 Å². The molecule has 0 aromatic rings. The predicted molar refractivity (Wildman–Crippen MR) is 93.4 cm³/mol. The molecule has 0 aromatic carbocycles. The summed E-state index contributed by atoms with van der Waals surface area (Å²) >= 11 is 10.9. The van der Waals surface area contributed by atoms with Crippen molar-refractivity contribution in [2.45, 2.75) is 87.1 Å². The summed E-state index contributed by atoms with van der Waals surface area (Å²) < 4.78 is 14.0. The van der Waals surface area contributed by atoms with E-state index in [0.29, 0.717) is 17.6 Å². The molecule has 128 valence electrons. The lowest BCUT2D eigenvalue weighted by Crippen LogP contribution is -2.44. The van der Waals surface area contributed by atoms with Crippen LogP contribution in [0.15, 0.2) is 0 Å². The highest BCUT2D eigenvalue weighted by atomic mass is 35.5. The van der Waals surface area contributed by atoms with Crippen LogP contribution in [0.2, 0.25) is 0 Å². The first kappa shape index (κ1) is 17.4. The van der Waals surface area contributed by atoms with Gasteiger partial charge in [0.05, 0.1) is 11.5 Å². The van der Waals surface area contributed by atoms with Gasteiger partial charge in [-0.05, 0) is 87.9 Å². The molecule has 4 unspecified atom stereocenters. The predicted octanol–water partition coefficient (Wildman–Crippen LogP) is 5.00. The van der Waals surface area contributed by atoms with Gasteiger partial charge in [-0.25, -0.2) is 4.39 Å². The molecular weight excluding hydrogens is 319 g/mol. The fourth-order valence-electron chi connectivity index (χ4n) is 5.24. The maximum absolute atomic E-state index is 14.0. The Bertz CT molecular complexity index is 353. The van der Waals surface area contributed by atoms with Gasteiger partial charge in [0.1, 0.15) is 6.17 Å². The third-order valence-electron chi connectivity index (χ3n) is 6.71. The number of hydrogen-bond donors (Lipinski definition) is 2. The molecule has 3 rings (SSSR count). The monoisotopic (exact) mass is 348 g/mol. The molecule has 0 aromatic heterocycles. The van der Waals surface area contributed by atoms with Gasteiger partial charge < -0.3 is 5.11 Å². The Kier molecular flexibility index (Phi) is 6.00. The maximum atomic E-state index is 14.0. The van der Waals surface area contributed by atoms with Gasteiger partial charge in [-0.3, -0.25) is 0 Å². The molecular formula is C18H30ClFOS. The highest BCUT2D eigenvalue weighted by Crippen LogP contribution is 2.46. The van der Waals surface area contributed by atoms with Crippen molar-refractivity contribution in [3.8, 4) is 0 Å². The van der Waals surface area contributed by atoms with Crippen molar-refractivity contribution in [2.75, 3.05) is 0 Å². The van der Waals surface area contributed by atoms with Crippen molar-refractivity contribution in [1.29, 1.82) is 0 Å². The van der Waals surface area contributed by atoms with Gasteiger partial charge in [-0.2, -0.15) is 12.6 Å². The van der Waals surface area contributed by atoms with Gasteiger partial charge in [0.2, 0.25) is 0 Å². The Balaban J connectivity index is 1.49. The molecule has 4 atom stereocenters. The van der Waals surface area contributed by atoms with Crippen molar-refractivity contribution in [1.82, 2.24) is 0 Å². The van der Waals surface area contributed by atoms with E-state index < -0.39 is 17.7 Å². The SMILES string of the molecule is OC1CCC(C2CCC(C3CCC(S)CC3)CC2)C(Cl)C1F. The Morgan fingerprint density at radius 3 is 1.86 bits per heavy atom. The third kappa shape index (κ3) is 3.78. The second kappa shape index (κ2) is 7.61. The number of hydrogen-bond acceptors (Lipinski definition) is 2. The lowest BCUT2D eigenvalue weighted by Gasteiger charge is -2.43. The number of aliphatic hydroxyl groups is 1. The molecule has 3 saturated carbocycles. The molecule has 0 bridgehead atoms. The molecule has 3 aliphatic carbocycles. The zero-order chi connectivity index (χ0) is 15.7. The van der Waals surface area contributed by atoms with Crippen LogP contribution >= 0.6 is 24.2 Å². The highest BCUT2D eigenvalue weighted by molar-refractivity contribution is 7.80. The van der Waals surface area contributed by atoms with Crippen LogP contribution in [0.1, 0.15) is 64.2 Å². The number of halogens is 2. The van der Waals surface area contributed by atoms with E-state index in [0.717, 1.165) is 18.3 Å². The highest BCUT2D eigenvalue weighted by Gasteiger charge is 2.42.